The van der Waals surface area contributed by atoms with Crippen LogP contribution in [0.25, 0.3) is 0 Å². The van der Waals surface area contributed by atoms with Gasteiger partial charge in [0.15, 0.2) is 0 Å². The van der Waals surface area contributed by atoms with Crippen molar-refractivity contribution in [3.63, 3.8) is 0 Å². The maximum absolute atomic E-state index is 12.9. The normalized spacial score (nSPS) is 15.4. The lowest BCUT2D eigenvalue weighted by molar-refractivity contribution is 0.102. The Bertz CT molecular complexity index is 1040. The van der Waals surface area contributed by atoms with Crippen LogP contribution >= 0.6 is 0 Å². The van der Waals surface area contributed by atoms with E-state index in [0.717, 1.165) is 28.9 Å². The standard InChI is InChI=1S/C23H24N4O/c1-14-11-15(2)21(16(3)12-14)26-22(28)19-9-10-24-23(25-19)27-17(4)13-18-7-5-6-8-20(18)27/h5-12,17H,13H2,1-4H3,(H,26,28). The molecule has 1 unspecified atom stereocenters. The quantitative estimate of drug-likeness (QED) is 0.722. The van der Waals surface area contributed by atoms with E-state index in [4.69, 9.17) is 0 Å². The van der Waals surface area contributed by atoms with Gasteiger partial charge in [0.2, 0.25) is 5.95 Å². The van der Waals surface area contributed by atoms with Crippen LogP contribution in [0.5, 0.6) is 0 Å². The second-order valence-corrected chi connectivity index (χ2v) is 7.52. The zero-order chi connectivity index (χ0) is 19.8. The third-order valence-corrected chi connectivity index (χ3v) is 5.21. The molecule has 0 saturated heterocycles. The van der Waals surface area contributed by atoms with E-state index in [1.165, 1.54) is 11.1 Å². The average molecular weight is 372 g/mol. The Morgan fingerprint density at radius 3 is 2.57 bits per heavy atom. The van der Waals surface area contributed by atoms with Crippen LogP contribution in [-0.2, 0) is 6.42 Å². The van der Waals surface area contributed by atoms with Crippen molar-refractivity contribution < 1.29 is 4.79 Å². The summed E-state index contributed by atoms with van der Waals surface area (Å²) >= 11 is 0. The van der Waals surface area contributed by atoms with Crippen molar-refractivity contribution in [1.29, 1.82) is 0 Å². The number of aryl methyl sites for hydroxylation is 3. The Morgan fingerprint density at radius 1 is 1.11 bits per heavy atom. The second kappa shape index (κ2) is 7.08. The Balaban J connectivity index is 1.64. The van der Waals surface area contributed by atoms with Gasteiger partial charge in [0, 0.05) is 23.6 Å². The molecule has 0 spiro atoms. The molecule has 5 nitrogen and oxygen atoms in total. The summed E-state index contributed by atoms with van der Waals surface area (Å²) in [5, 5.41) is 3.02. The molecule has 0 bridgehead atoms. The smallest absolute Gasteiger partial charge is 0.274 e. The van der Waals surface area contributed by atoms with E-state index in [2.05, 4.69) is 58.3 Å². The minimum atomic E-state index is -0.223. The topological polar surface area (TPSA) is 58.1 Å². The molecule has 0 saturated carbocycles. The first-order valence-corrected chi connectivity index (χ1v) is 9.53. The fraction of sp³-hybridized carbons (Fsp3) is 0.261. The third-order valence-electron chi connectivity index (χ3n) is 5.21. The number of hydrogen-bond donors (Lipinski definition) is 1. The first-order chi connectivity index (χ1) is 13.4. The highest BCUT2D eigenvalue weighted by molar-refractivity contribution is 6.04. The number of aromatic nitrogens is 2. The van der Waals surface area contributed by atoms with Crippen molar-refractivity contribution in [3.8, 4) is 0 Å². The number of carbonyl (C=O) groups excluding carboxylic acids is 1. The van der Waals surface area contributed by atoms with Crippen LogP contribution in [0.15, 0.2) is 48.7 Å². The van der Waals surface area contributed by atoms with Gasteiger partial charge in [-0.25, -0.2) is 9.97 Å². The molecule has 3 aromatic rings. The molecule has 2 aromatic carbocycles. The fourth-order valence-corrected chi connectivity index (χ4v) is 4.02. The average Bonchev–Trinajstić information content (AvgIpc) is 3.00. The highest BCUT2D eigenvalue weighted by atomic mass is 16.1. The number of nitrogens with zero attached hydrogens (tertiary/aromatic N) is 3. The van der Waals surface area contributed by atoms with Crippen LogP contribution in [-0.4, -0.2) is 21.9 Å². The molecule has 28 heavy (non-hydrogen) atoms. The summed E-state index contributed by atoms with van der Waals surface area (Å²) in [6, 6.07) is 14.3. The minimum Gasteiger partial charge on any atom is -0.320 e. The number of para-hydroxylation sites is 1. The van der Waals surface area contributed by atoms with E-state index in [0.29, 0.717) is 11.6 Å². The van der Waals surface area contributed by atoms with Crippen LogP contribution < -0.4 is 10.2 Å². The molecule has 1 N–H and O–H groups in total. The van der Waals surface area contributed by atoms with Gasteiger partial charge < -0.3 is 10.2 Å². The van der Waals surface area contributed by atoms with Crippen LogP contribution in [0.2, 0.25) is 0 Å². The molecule has 142 valence electrons. The molecule has 1 aliphatic heterocycles. The van der Waals surface area contributed by atoms with E-state index in [9.17, 15) is 4.79 Å². The molecule has 1 atom stereocenters. The van der Waals surface area contributed by atoms with Gasteiger partial charge in [0.1, 0.15) is 5.69 Å². The van der Waals surface area contributed by atoms with E-state index in [-0.39, 0.29) is 11.9 Å². The maximum atomic E-state index is 12.9. The molecular weight excluding hydrogens is 348 g/mol. The van der Waals surface area contributed by atoms with Gasteiger partial charge in [-0.15, -0.1) is 0 Å². The summed E-state index contributed by atoms with van der Waals surface area (Å²) in [6.45, 7) is 8.21. The number of hydrogen-bond acceptors (Lipinski definition) is 4. The first kappa shape index (κ1) is 18.2. The summed E-state index contributed by atoms with van der Waals surface area (Å²) < 4.78 is 0. The molecule has 0 radical (unpaired) electrons. The first-order valence-electron chi connectivity index (χ1n) is 9.53. The van der Waals surface area contributed by atoms with E-state index in [1.54, 1.807) is 12.3 Å². The summed E-state index contributed by atoms with van der Waals surface area (Å²) in [5.74, 6) is 0.335. The monoisotopic (exact) mass is 372 g/mol. The second-order valence-electron chi connectivity index (χ2n) is 7.52. The lowest BCUT2D eigenvalue weighted by Crippen LogP contribution is -2.27. The Hall–Kier alpha value is -3.21. The van der Waals surface area contributed by atoms with Gasteiger partial charge in [-0.3, -0.25) is 4.79 Å². The highest BCUT2D eigenvalue weighted by Crippen LogP contribution is 2.36. The zero-order valence-corrected chi connectivity index (χ0v) is 16.7. The van der Waals surface area contributed by atoms with Crippen molar-refractivity contribution in [2.24, 2.45) is 0 Å². The largest absolute Gasteiger partial charge is 0.320 e. The Kier molecular flexibility index (Phi) is 4.59. The molecule has 0 aliphatic carbocycles. The van der Waals surface area contributed by atoms with Crippen LogP contribution in [0.4, 0.5) is 17.3 Å². The summed E-state index contributed by atoms with van der Waals surface area (Å²) in [4.78, 5) is 24.0. The van der Waals surface area contributed by atoms with Crippen LogP contribution in [0, 0.1) is 20.8 Å². The molecule has 1 amide bonds. The van der Waals surface area contributed by atoms with Gasteiger partial charge in [-0.05, 0) is 62.9 Å². The Morgan fingerprint density at radius 2 is 1.82 bits per heavy atom. The molecule has 4 rings (SSSR count). The molecule has 1 aromatic heterocycles. The number of carbonyl (C=O) groups is 1. The molecule has 2 heterocycles. The van der Waals surface area contributed by atoms with Crippen LogP contribution in [0.1, 0.15) is 39.7 Å². The molecule has 0 fully saturated rings. The lowest BCUT2D eigenvalue weighted by Gasteiger charge is -2.22. The molecular formula is C23H24N4O. The van der Waals surface area contributed by atoms with Crippen molar-refractivity contribution in [2.75, 3.05) is 10.2 Å². The van der Waals surface area contributed by atoms with Gasteiger partial charge in [0.25, 0.3) is 5.91 Å². The number of anilines is 3. The van der Waals surface area contributed by atoms with Gasteiger partial charge >= 0.3 is 0 Å². The minimum absolute atomic E-state index is 0.223. The van der Waals surface area contributed by atoms with Crippen molar-refractivity contribution in [3.05, 3.63) is 76.6 Å². The number of rotatable bonds is 3. The summed E-state index contributed by atoms with van der Waals surface area (Å²) in [5.41, 5.74) is 6.86. The maximum Gasteiger partial charge on any atom is 0.274 e. The lowest BCUT2D eigenvalue weighted by atomic mass is 10.1. The summed E-state index contributed by atoms with van der Waals surface area (Å²) in [7, 11) is 0. The molecule has 5 heteroatoms. The van der Waals surface area contributed by atoms with Crippen molar-refractivity contribution >= 4 is 23.2 Å². The van der Waals surface area contributed by atoms with Gasteiger partial charge in [-0.1, -0.05) is 35.9 Å². The predicted molar refractivity (Wildman–Crippen MR) is 112 cm³/mol. The van der Waals surface area contributed by atoms with E-state index >= 15 is 0 Å². The number of benzene rings is 2. The molecule has 1 aliphatic rings. The van der Waals surface area contributed by atoms with E-state index < -0.39 is 0 Å². The van der Waals surface area contributed by atoms with Gasteiger partial charge in [0.05, 0.1) is 0 Å². The highest BCUT2D eigenvalue weighted by Gasteiger charge is 2.29. The van der Waals surface area contributed by atoms with Crippen LogP contribution in [0.3, 0.4) is 0 Å². The Labute approximate surface area is 165 Å². The van der Waals surface area contributed by atoms with Crippen molar-refractivity contribution in [2.45, 2.75) is 40.2 Å². The predicted octanol–water partition coefficient (Wildman–Crippen LogP) is 4.74. The zero-order valence-electron chi connectivity index (χ0n) is 16.7. The number of nitrogens with one attached hydrogen (secondary N) is 1. The number of amides is 1. The van der Waals surface area contributed by atoms with Gasteiger partial charge in [-0.2, -0.15) is 0 Å². The SMILES string of the molecule is Cc1cc(C)c(NC(=O)c2ccnc(N3c4ccccc4CC3C)n2)c(C)c1. The van der Waals surface area contributed by atoms with Crippen molar-refractivity contribution in [1.82, 2.24) is 9.97 Å². The summed E-state index contributed by atoms with van der Waals surface area (Å²) in [6.07, 6.45) is 2.59. The number of fused-ring (bicyclic) bond motifs is 1. The van der Waals surface area contributed by atoms with E-state index in [1.807, 2.05) is 26.0 Å². The third kappa shape index (κ3) is 3.24. The fourth-order valence-electron chi connectivity index (χ4n) is 4.02.